The van der Waals surface area contributed by atoms with Crippen LogP contribution in [0.3, 0.4) is 0 Å². The van der Waals surface area contributed by atoms with Crippen molar-refractivity contribution in [2.75, 3.05) is 12.8 Å². The van der Waals surface area contributed by atoms with Gasteiger partial charge >= 0.3 is 0 Å². The Morgan fingerprint density at radius 2 is 1.93 bits per heavy atom. The molecule has 1 aliphatic heterocycles. The number of rotatable bonds is 6. The summed E-state index contributed by atoms with van der Waals surface area (Å²) in [4.78, 5) is 14.6. The largest absolute Gasteiger partial charge is 0.337 e. The van der Waals surface area contributed by atoms with E-state index in [1.807, 2.05) is 61.2 Å². The van der Waals surface area contributed by atoms with Crippen LogP contribution in [0.25, 0.3) is 11.1 Å². The molecule has 3 rings (SSSR count). The van der Waals surface area contributed by atoms with Gasteiger partial charge in [0.05, 0.1) is 12.3 Å². The molecule has 0 spiro atoms. The van der Waals surface area contributed by atoms with Gasteiger partial charge in [-0.2, -0.15) is 0 Å². The van der Waals surface area contributed by atoms with Gasteiger partial charge in [0, 0.05) is 29.1 Å². The number of likely N-dealkylation sites (tertiary alicyclic amines) is 1. The van der Waals surface area contributed by atoms with Gasteiger partial charge in [-0.25, -0.2) is 13.1 Å². The van der Waals surface area contributed by atoms with E-state index in [0.29, 0.717) is 24.4 Å². The lowest BCUT2D eigenvalue weighted by Gasteiger charge is -2.30. The van der Waals surface area contributed by atoms with Gasteiger partial charge in [-0.05, 0) is 30.0 Å². The topological polar surface area (TPSA) is 66.5 Å². The summed E-state index contributed by atoms with van der Waals surface area (Å²) in [5.41, 5.74) is 2.99. The molecule has 0 radical (unpaired) electrons. The number of carbonyl (C=O) groups excluding carboxylic acids is 1. The maximum Gasteiger partial charge on any atom is 0.225 e. The monoisotopic (exact) mass is 434 g/mol. The number of hydrogen-bond donors (Lipinski definition) is 1. The lowest BCUT2D eigenvalue weighted by Crippen LogP contribution is -2.48. The van der Waals surface area contributed by atoms with E-state index < -0.39 is 10.0 Å². The third-order valence-corrected chi connectivity index (χ3v) is 6.31. The van der Waals surface area contributed by atoms with E-state index in [1.165, 1.54) is 0 Å². The van der Waals surface area contributed by atoms with Gasteiger partial charge in [-0.1, -0.05) is 67.9 Å². The molecule has 1 heterocycles. The van der Waals surface area contributed by atoms with Crippen molar-refractivity contribution in [3.8, 4) is 11.1 Å². The summed E-state index contributed by atoms with van der Waals surface area (Å²) in [6, 6.07) is 15.2. The number of halogens is 1. The molecule has 1 fully saturated rings. The average Bonchev–Trinajstić information content (AvgIpc) is 3.02. The molecule has 1 aliphatic rings. The minimum atomic E-state index is -3.36. The zero-order valence-electron chi connectivity index (χ0n) is 16.9. The first-order valence-corrected chi connectivity index (χ1v) is 12.0. The Morgan fingerprint density at radius 1 is 1.21 bits per heavy atom. The van der Waals surface area contributed by atoms with Crippen LogP contribution in [-0.4, -0.2) is 44.1 Å². The highest BCUT2D eigenvalue weighted by molar-refractivity contribution is 7.88. The molecule has 0 bridgehead atoms. The van der Waals surface area contributed by atoms with Crippen LogP contribution in [-0.2, 0) is 21.2 Å². The zero-order valence-corrected chi connectivity index (χ0v) is 18.5. The molecule has 2 aromatic rings. The van der Waals surface area contributed by atoms with E-state index in [0.717, 1.165) is 22.9 Å². The quantitative estimate of drug-likeness (QED) is 0.753. The van der Waals surface area contributed by atoms with Crippen LogP contribution in [0, 0.1) is 5.92 Å². The van der Waals surface area contributed by atoms with Crippen molar-refractivity contribution in [2.24, 2.45) is 5.92 Å². The van der Waals surface area contributed by atoms with Gasteiger partial charge in [0.2, 0.25) is 15.9 Å². The van der Waals surface area contributed by atoms with Gasteiger partial charge in [0.1, 0.15) is 0 Å². The first-order chi connectivity index (χ1) is 13.7. The number of nitrogens with zero attached hydrogens (tertiary/aromatic N) is 1. The highest BCUT2D eigenvalue weighted by Crippen LogP contribution is 2.30. The van der Waals surface area contributed by atoms with Gasteiger partial charge in [-0.15, -0.1) is 0 Å². The maximum absolute atomic E-state index is 12.7. The van der Waals surface area contributed by atoms with Crippen molar-refractivity contribution in [3.63, 3.8) is 0 Å². The summed E-state index contributed by atoms with van der Waals surface area (Å²) in [5.74, 6) is -0.0843. The molecule has 1 amide bonds. The van der Waals surface area contributed by atoms with Crippen molar-refractivity contribution >= 4 is 27.5 Å². The molecule has 2 atom stereocenters. The Balaban J connectivity index is 1.90. The van der Waals surface area contributed by atoms with Gasteiger partial charge in [0.25, 0.3) is 0 Å². The summed E-state index contributed by atoms with van der Waals surface area (Å²) < 4.78 is 26.4. The van der Waals surface area contributed by atoms with Crippen molar-refractivity contribution in [2.45, 2.75) is 38.8 Å². The predicted molar refractivity (Wildman–Crippen MR) is 117 cm³/mol. The molecule has 1 N–H and O–H groups in total. The first kappa shape index (κ1) is 21.8. The fourth-order valence-corrected chi connectivity index (χ4v) is 5.00. The van der Waals surface area contributed by atoms with Crippen molar-refractivity contribution < 1.29 is 13.2 Å². The lowest BCUT2D eigenvalue weighted by molar-refractivity contribution is -0.135. The van der Waals surface area contributed by atoms with Crippen molar-refractivity contribution in [3.05, 3.63) is 59.1 Å². The number of nitrogens with one attached hydrogen (secondary N) is 1. The van der Waals surface area contributed by atoms with Gasteiger partial charge in [0.15, 0.2) is 0 Å². The number of amides is 1. The molecule has 2 aromatic carbocycles. The Kier molecular flexibility index (Phi) is 6.66. The maximum atomic E-state index is 12.7. The molecule has 7 heteroatoms. The van der Waals surface area contributed by atoms with E-state index in [-0.39, 0.29) is 23.9 Å². The van der Waals surface area contributed by atoms with Crippen LogP contribution in [0.15, 0.2) is 48.5 Å². The Bertz CT molecular complexity index is 991. The number of hydrogen-bond acceptors (Lipinski definition) is 3. The first-order valence-electron chi connectivity index (χ1n) is 9.77. The summed E-state index contributed by atoms with van der Waals surface area (Å²) in [6.07, 6.45) is 2.35. The van der Waals surface area contributed by atoms with E-state index in [4.69, 9.17) is 11.6 Å². The minimum Gasteiger partial charge on any atom is -0.337 e. The Labute approximate surface area is 178 Å². The van der Waals surface area contributed by atoms with E-state index >= 15 is 0 Å². The van der Waals surface area contributed by atoms with Crippen molar-refractivity contribution in [1.29, 1.82) is 0 Å². The highest BCUT2D eigenvalue weighted by Gasteiger charge is 2.38. The van der Waals surface area contributed by atoms with Crippen LogP contribution in [0.1, 0.15) is 25.8 Å². The highest BCUT2D eigenvalue weighted by atomic mass is 35.5. The summed E-state index contributed by atoms with van der Waals surface area (Å²) in [7, 11) is -3.36. The van der Waals surface area contributed by atoms with Crippen LogP contribution in [0.4, 0.5) is 0 Å². The second-order valence-electron chi connectivity index (χ2n) is 7.92. The average molecular weight is 435 g/mol. The van der Waals surface area contributed by atoms with Crippen molar-refractivity contribution in [1.82, 2.24) is 9.62 Å². The number of sulfonamides is 1. The number of benzene rings is 2. The third-order valence-electron chi connectivity index (χ3n) is 5.24. The molecule has 156 valence electrons. The Hall–Kier alpha value is -1.89. The molecule has 5 nitrogen and oxygen atoms in total. The van der Waals surface area contributed by atoms with E-state index in [9.17, 15) is 13.2 Å². The smallest absolute Gasteiger partial charge is 0.225 e. The molecule has 0 aliphatic carbocycles. The predicted octanol–water partition coefficient (Wildman–Crippen LogP) is 3.72. The molecule has 1 saturated heterocycles. The zero-order chi connectivity index (χ0) is 21.2. The molecule has 29 heavy (non-hydrogen) atoms. The lowest BCUT2D eigenvalue weighted by atomic mass is 9.96. The molecule has 0 saturated carbocycles. The van der Waals surface area contributed by atoms with Crippen LogP contribution < -0.4 is 4.72 Å². The fourth-order valence-electron chi connectivity index (χ4n) is 3.93. The normalized spacial score (nSPS) is 19.7. The summed E-state index contributed by atoms with van der Waals surface area (Å²) in [5, 5.41) is 0.679. The SMILES string of the molecule is CC(C)C(=O)N1CCC(NS(C)(=O)=O)C1Cc1cccc(-c2ccccc2Cl)c1. The van der Waals surface area contributed by atoms with E-state index in [2.05, 4.69) is 10.8 Å². The third kappa shape index (κ3) is 5.38. The summed E-state index contributed by atoms with van der Waals surface area (Å²) in [6.45, 7) is 4.29. The summed E-state index contributed by atoms with van der Waals surface area (Å²) >= 11 is 6.35. The molecule has 2 unspecified atom stereocenters. The standard InChI is InChI=1S/C22H27ClN2O3S/c1-15(2)22(26)25-12-11-20(24-29(3,27)28)21(25)14-16-7-6-8-17(13-16)18-9-4-5-10-19(18)23/h4-10,13,15,20-21,24H,11-12,14H2,1-3H3. The molecular formula is C22H27ClN2O3S. The molecule has 0 aromatic heterocycles. The second-order valence-corrected chi connectivity index (χ2v) is 10.1. The van der Waals surface area contributed by atoms with Gasteiger partial charge < -0.3 is 4.90 Å². The Morgan fingerprint density at radius 3 is 2.59 bits per heavy atom. The van der Waals surface area contributed by atoms with Crippen LogP contribution in [0.2, 0.25) is 5.02 Å². The number of carbonyl (C=O) groups is 1. The molecular weight excluding hydrogens is 408 g/mol. The minimum absolute atomic E-state index is 0.0510. The van der Waals surface area contributed by atoms with E-state index in [1.54, 1.807) is 0 Å². The fraction of sp³-hybridized carbons (Fsp3) is 0.409. The van der Waals surface area contributed by atoms with Gasteiger partial charge in [-0.3, -0.25) is 4.79 Å². The van der Waals surface area contributed by atoms with Crippen LogP contribution >= 0.6 is 11.6 Å². The second kappa shape index (κ2) is 8.86. The van der Waals surface area contributed by atoms with Crippen LogP contribution in [0.5, 0.6) is 0 Å².